The smallest absolute Gasteiger partial charge is 0.159 e. The number of hydrogen-bond acceptors (Lipinski definition) is 3. The molecule has 0 saturated heterocycles. The number of aromatic nitrogens is 5. The lowest BCUT2D eigenvalue weighted by Crippen LogP contribution is -1.94. The zero-order chi connectivity index (χ0) is 28.1. The van der Waals surface area contributed by atoms with Crippen LogP contribution in [-0.4, -0.2) is 25.1 Å². The first-order valence-corrected chi connectivity index (χ1v) is 13.4. The van der Waals surface area contributed by atoms with Gasteiger partial charge in [0, 0.05) is 40.2 Å². The average Bonchev–Trinajstić information content (AvgIpc) is 3.57. The van der Waals surface area contributed by atoms with Gasteiger partial charge in [0.25, 0.3) is 0 Å². The number of imidazole rings is 1. The number of rotatable bonds is 9. The van der Waals surface area contributed by atoms with Crippen molar-refractivity contribution in [2.45, 2.75) is 33.6 Å². The third-order valence-electron chi connectivity index (χ3n) is 6.96. The molecule has 6 heteroatoms. The number of allylic oxidation sites excluding steroid dienone is 6. The molecule has 0 amide bonds. The van der Waals surface area contributed by atoms with Gasteiger partial charge in [0.1, 0.15) is 11.5 Å². The Labute approximate surface area is 233 Å². The normalized spacial score (nSPS) is 12.5. The van der Waals surface area contributed by atoms with E-state index >= 15 is 0 Å². The largest absolute Gasteiger partial charge is 0.340 e. The number of nitrogens with one attached hydrogen (secondary N) is 2. The van der Waals surface area contributed by atoms with Crippen molar-refractivity contribution >= 4 is 16.5 Å². The second kappa shape index (κ2) is 11.9. The number of H-pyrrole nitrogens is 2. The number of aryl methyl sites for hydroxylation is 2. The zero-order valence-electron chi connectivity index (χ0n) is 23.0. The van der Waals surface area contributed by atoms with Crippen LogP contribution in [0.5, 0.6) is 0 Å². The molecule has 0 aliphatic rings. The molecule has 0 aliphatic heterocycles. The van der Waals surface area contributed by atoms with Crippen molar-refractivity contribution in [3.05, 3.63) is 132 Å². The molecule has 3 aromatic heterocycles. The SMILES string of the molecule is C=C/C=C(/c1ccccc1F)c1nc(-c2n[nH]c3ccc(-c4cncc(CCC(/C=C\C)=C/C)c4)cc23)[nH]c1C. The zero-order valence-corrected chi connectivity index (χ0v) is 23.0. The van der Waals surface area contributed by atoms with Gasteiger partial charge in [0.2, 0.25) is 0 Å². The first kappa shape index (κ1) is 26.8. The topological polar surface area (TPSA) is 70.2 Å². The van der Waals surface area contributed by atoms with E-state index in [2.05, 4.69) is 70.1 Å². The summed E-state index contributed by atoms with van der Waals surface area (Å²) < 4.78 is 14.7. The van der Waals surface area contributed by atoms with Gasteiger partial charge in [-0.2, -0.15) is 5.10 Å². The van der Waals surface area contributed by atoms with Gasteiger partial charge in [0.15, 0.2) is 5.82 Å². The first-order chi connectivity index (χ1) is 19.5. The summed E-state index contributed by atoms with van der Waals surface area (Å²) in [5.74, 6) is 0.297. The van der Waals surface area contributed by atoms with E-state index in [0.29, 0.717) is 28.3 Å². The fraction of sp³-hybridized carbons (Fsp3) is 0.147. The number of fused-ring (bicyclic) bond motifs is 1. The van der Waals surface area contributed by atoms with Crippen LogP contribution in [0.25, 0.3) is 39.1 Å². The summed E-state index contributed by atoms with van der Waals surface area (Å²) >= 11 is 0. The Kier molecular flexibility index (Phi) is 7.97. The summed E-state index contributed by atoms with van der Waals surface area (Å²) in [7, 11) is 0. The third kappa shape index (κ3) is 5.47. The molecule has 0 unspecified atom stereocenters. The van der Waals surface area contributed by atoms with Crippen LogP contribution < -0.4 is 0 Å². The second-order valence-corrected chi connectivity index (χ2v) is 9.63. The van der Waals surface area contributed by atoms with E-state index in [1.54, 1.807) is 24.3 Å². The highest BCUT2D eigenvalue weighted by Crippen LogP contribution is 2.33. The van der Waals surface area contributed by atoms with Gasteiger partial charge < -0.3 is 4.98 Å². The number of aromatic amines is 2. The molecule has 2 aromatic carbocycles. The summed E-state index contributed by atoms with van der Waals surface area (Å²) in [5.41, 5.74) is 8.80. The Bertz CT molecular complexity index is 1770. The molecule has 200 valence electrons. The van der Waals surface area contributed by atoms with Gasteiger partial charge in [-0.15, -0.1) is 0 Å². The van der Waals surface area contributed by atoms with Crippen LogP contribution in [0.15, 0.2) is 103 Å². The number of nitrogens with zero attached hydrogens (tertiary/aromatic N) is 3. The molecule has 0 saturated carbocycles. The molecule has 2 N–H and O–H groups in total. The van der Waals surface area contributed by atoms with E-state index in [4.69, 9.17) is 4.98 Å². The molecule has 5 aromatic rings. The minimum atomic E-state index is -0.311. The van der Waals surface area contributed by atoms with E-state index in [1.807, 2.05) is 38.4 Å². The predicted molar refractivity (Wildman–Crippen MR) is 162 cm³/mol. The van der Waals surface area contributed by atoms with Crippen molar-refractivity contribution < 1.29 is 4.39 Å². The maximum absolute atomic E-state index is 14.7. The molecule has 5 nitrogen and oxygen atoms in total. The molecular weight excluding hydrogens is 497 g/mol. The minimum Gasteiger partial charge on any atom is -0.340 e. The quantitative estimate of drug-likeness (QED) is 0.188. The van der Waals surface area contributed by atoms with Crippen LogP contribution in [-0.2, 0) is 6.42 Å². The van der Waals surface area contributed by atoms with E-state index in [-0.39, 0.29) is 5.82 Å². The Balaban J connectivity index is 1.50. The van der Waals surface area contributed by atoms with Gasteiger partial charge in [-0.3, -0.25) is 10.1 Å². The standard InChI is InChI=1S/C34H32FN5/c1-5-10-23(7-3)14-15-24-18-26(21-36-20-24)25-16-17-31-29(19-25)33(40-39-31)34-37-22(4)32(38-34)28(11-6-2)27-12-8-9-13-30(27)35/h5-13,16-21H,2,14-15H2,1,3-4H3,(H,37,38)(H,39,40)/b10-5-,23-7+,28-11-. The molecule has 40 heavy (non-hydrogen) atoms. The molecule has 0 bridgehead atoms. The lowest BCUT2D eigenvalue weighted by Gasteiger charge is -2.07. The van der Waals surface area contributed by atoms with Gasteiger partial charge >= 0.3 is 0 Å². The molecule has 0 fully saturated rings. The number of pyridine rings is 1. The Hall–Kier alpha value is -4.84. The van der Waals surface area contributed by atoms with Crippen LogP contribution in [0.2, 0.25) is 0 Å². The van der Waals surface area contributed by atoms with Crippen molar-refractivity contribution in [1.82, 2.24) is 25.1 Å². The van der Waals surface area contributed by atoms with Crippen molar-refractivity contribution in [2.24, 2.45) is 0 Å². The Morgan fingerprint density at radius 2 is 1.90 bits per heavy atom. The highest BCUT2D eigenvalue weighted by molar-refractivity contribution is 5.95. The van der Waals surface area contributed by atoms with Crippen LogP contribution in [0.1, 0.15) is 42.8 Å². The molecule has 5 rings (SSSR count). The molecular formula is C34H32FN5. The fourth-order valence-electron chi connectivity index (χ4n) is 4.91. The summed E-state index contributed by atoms with van der Waals surface area (Å²) in [4.78, 5) is 12.8. The lowest BCUT2D eigenvalue weighted by atomic mass is 10.00. The maximum atomic E-state index is 14.7. The summed E-state index contributed by atoms with van der Waals surface area (Å²) in [6.07, 6.45) is 15.5. The number of halogens is 1. The van der Waals surface area contributed by atoms with E-state index in [1.165, 1.54) is 17.2 Å². The van der Waals surface area contributed by atoms with Gasteiger partial charge in [-0.05, 0) is 69.0 Å². The Morgan fingerprint density at radius 1 is 1.05 bits per heavy atom. The molecule has 3 heterocycles. The minimum absolute atomic E-state index is 0.311. The maximum Gasteiger partial charge on any atom is 0.159 e. The fourth-order valence-corrected chi connectivity index (χ4v) is 4.91. The predicted octanol–water partition coefficient (Wildman–Crippen LogP) is 8.54. The van der Waals surface area contributed by atoms with Crippen LogP contribution in [0, 0.1) is 12.7 Å². The van der Waals surface area contributed by atoms with Gasteiger partial charge in [-0.25, -0.2) is 9.37 Å². The molecule has 0 spiro atoms. The number of benzene rings is 2. The van der Waals surface area contributed by atoms with Gasteiger partial charge in [0.05, 0.1) is 11.2 Å². The monoisotopic (exact) mass is 529 g/mol. The second-order valence-electron chi connectivity index (χ2n) is 9.63. The molecule has 0 atom stereocenters. The Morgan fingerprint density at radius 3 is 2.67 bits per heavy atom. The highest BCUT2D eigenvalue weighted by atomic mass is 19.1. The first-order valence-electron chi connectivity index (χ1n) is 13.4. The summed E-state index contributed by atoms with van der Waals surface area (Å²) in [6, 6.07) is 15.1. The van der Waals surface area contributed by atoms with Crippen LogP contribution in [0.3, 0.4) is 0 Å². The third-order valence-corrected chi connectivity index (χ3v) is 6.96. The summed E-state index contributed by atoms with van der Waals surface area (Å²) in [5, 5.41) is 8.64. The van der Waals surface area contributed by atoms with E-state index < -0.39 is 0 Å². The van der Waals surface area contributed by atoms with Crippen LogP contribution >= 0.6 is 0 Å². The van der Waals surface area contributed by atoms with Crippen molar-refractivity contribution in [3.8, 4) is 22.6 Å². The molecule has 0 radical (unpaired) electrons. The van der Waals surface area contributed by atoms with Crippen molar-refractivity contribution in [3.63, 3.8) is 0 Å². The van der Waals surface area contributed by atoms with Crippen molar-refractivity contribution in [2.75, 3.05) is 0 Å². The highest BCUT2D eigenvalue weighted by Gasteiger charge is 2.19. The lowest BCUT2D eigenvalue weighted by molar-refractivity contribution is 0.624. The average molecular weight is 530 g/mol. The van der Waals surface area contributed by atoms with Gasteiger partial charge in [-0.1, -0.05) is 66.8 Å². The number of hydrogen-bond donors (Lipinski definition) is 2. The van der Waals surface area contributed by atoms with Crippen LogP contribution in [0.4, 0.5) is 4.39 Å². The summed E-state index contributed by atoms with van der Waals surface area (Å²) in [6.45, 7) is 9.86. The molecule has 0 aliphatic carbocycles. The van der Waals surface area contributed by atoms with Crippen molar-refractivity contribution in [1.29, 1.82) is 0 Å². The van der Waals surface area contributed by atoms with E-state index in [0.717, 1.165) is 40.6 Å². The van der Waals surface area contributed by atoms with E-state index in [9.17, 15) is 4.39 Å².